The molecule has 2 bridgehead atoms. The Morgan fingerprint density at radius 1 is 0.859 bits per heavy atom. The van der Waals surface area contributed by atoms with Crippen LogP contribution in [0.2, 0.25) is 0 Å². The first kappa shape index (κ1) is 57.3. The molecule has 0 radical (unpaired) electrons. The molecule has 10 atom stereocenters. The first-order chi connectivity index (χ1) is 33.3. The van der Waals surface area contributed by atoms with E-state index in [1.807, 2.05) is 13.8 Å². The second-order valence-corrected chi connectivity index (χ2v) is 20.0. The molecule has 3 saturated heterocycles. The Bertz CT molecular complexity index is 2120. The van der Waals surface area contributed by atoms with Gasteiger partial charge in [0.15, 0.2) is 0 Å². The number of cyclic esters (lactones) is 1. The zero-order valence-corrected chi connectivity index (χ0v) is 42.7. The SMILES string of the molecule is COc1ccc(C[C@H]2C(=O)N[C@@H](C(C)C)C(=O)O[C@H](C)[C@@H](NC(=O)[C@H](CCC(N)=O)NC(=O)[C@H]3CCCN3C(C)=O)C(=O)N[C@@H](CC(C)C)C(=O)N[C@@H]3CC[C@@H](O)N(C3=O)[C@@H](CC(C)C)C(=O)N2C)cc1. The van der Waals surface area contributed by atoms with Gasteiger partial charge in [0.1, 0.15) is 66.4 Å². The summed E-state index contributed by atoms with van der Waals surface area (Å²) in [5, 5.41) is 24.7. The van der Waals surface area contributed by atoms with E-state index >= 15 is 0 Å². The quantitative estimate of drug-likeness (QED) is 0.112. The molecule has 3 aliphatic heterocycles. The minimum Gasteiger partial charge on any atom is -0.497 e. The van der Waals surface area contributed by atoms with Crippen LogP contribution in [0.15, 0.2) is 24.3 Å². The highest BCUT2D eigenvalue weighted by atomic mass is 16.5. The third-order valence-electron chi connectivity index (χ3n) is 13.1. The highest BCUT2D eigenvalue weighted by Gasteiger charge is 2.46. The number of methoxy groups -OCH3 is 1. The number of piperidine rings is 1. The maximum absolute atomic E-state index is 14.9. The molecule has 0 spiro atoms. The van der Waals surface area contributed by atoms with Gasteiger partial charge in [-0.25, -0.2) is 4.79 Å². The Labute approximate surface area is 415 Å². The largest absolute Gasteiger partial charge is 0.497 e. The van der Waals surface area contributed by atoms with Crippen LogP contribution in [0.5, 0.6) is 5.75 Å². The fourth-order valence-corrected chi connectivity index (χ4v) is 9.16. The van der Waals surface area contributed by atoms with Gasteiger partial charge in [-0.15, -0.1) is 0 Å². The molecule has 0 aliphatic carbocycles. The van der Waals surface area contributed by atoms with E-state index < -0.39 is 120 Å². The number of primary amides is 1. The van der Waals surface area contributed by atoms with E-state index in [4.69, 9.17) is 15.2 Å². The van der Waals surface area contributed by atoms with Gasteiger partial charge in [0.2, 0.25) is 53.2 Å². The number of nitrogens with one attached hydrogen (secondary N) is 5. The number of likely N-dealkylation sites (N-methyl/N-ethyl adjacent to an activating group) is 1. The Balaban J connectivity index is 1.84. The molecule has 9 amide bonds. The first-order valence-corrected chi connectivity index (χ1v) is 24.5. The van der Waals surface area contributed by atoms with Gasteiger partial charge in [0.05, 0.1) is 7.11 Å². The summed E-state index contributed by atoms with van der Waals surface area (Å²) in [6, 6.07) is -4.10. The van der Waals surface area contributed by atoms with Crippen LogP contribution in [-0.2, 0) is 59.1 Å². The third kappa shape index (κ3) is 15.3. The lowest BCUT2D eigenvalue weighted by Gasteiger charge is -2.43. The van der Waals surface area contributed by atoms with E-state index in [0.29, 0.717) is 30.7 Å². The van der Waals surface area contributed by atoms with E-state index in [1.165, 1.54) is 37.8 Å². The van der Waals surface area contributed by atoms with Crippen molar-refractivity contribution in [3.05, 3.63) is 29.8 Å². The number of fused-ring (bicyclic) bond motifs is 2. The maximum Gasteiger partial charge on any atom is 0.329 e. The summed E-state index contributed by atoms with van der Waals surface area (Å²) in [7, 11) is 2.89. The number of benzene rings is 1. The Kier molecular flexibility index (Phi) is 20.7. The highest BCUT2D eigenvalue weighted by molar-refractivity contribution is 5.99. The number of aliphatic hydroxyl groups excluding tert-OH is 1. The summed E-state index contributed by atoms with van der Waals surface area (Å²) in [5.41, 5.74) is 6.04. The lowest BCUT2D eigenvalue weighted by atomic mass is 9.94. The number of esters is 1. The van der Waals surface area contributed by atoms with Crippen LogP contribution in [0.1, 0.15) is 112 Å². The Morgan fingerprint density at radius 3 is 2.08 bits per heavy atom. The van der Waals surface area contributed by atoms with Crippen molar-refractivity contribution in [1.82, 2.24) is 41.3 Å². The summed E-state index contributed by atoms with van der Waals surface area (Å²) in [5.74, 6) is -8.50. The van der Waals surface area contributed by atoms with Crippen molar-refractivity contribution in [1.29, 1.82) is 0 Å². The van der Waals surface area contributed by atoms with E-state index in [9.17, 15) is 53.1 Å². The molecule has 8 N–H and O–H groups in total. The molecule has 3 fully saturated rings. The van der Waals surface area contributed by atoms with Crippen LogP contribution in [0.4, 0.5) is 0 Å². The Morgan fingerprint density at radius 2 is 1.51 bits per heavy atom. The van der Waals surface area contributed by atoms with Crippen LogP contribution in [0, 0.1) is 17.8 Å². The number of hydrogen-bond donors (Lipinski definition) is 7. The fourth-order valence-electron chi connectivity index (χ4n) is 9.16. The van der Waals surface area contributed by atoms with Crippen molar-refractivity contribution in [3.63, 3.8) is 0 Å². The average molecular weight is 998 g/mol. The highest BCUT2D eigenvalue weighted by Crippen LogP contribution is 2.27. The number of amides is 9. The molecule has 3 heterocycles. The minimum atomic E-state index is -1.79. The van der Waals surface area contributed by atoms with Gasteiger partial charge in [0.25, 0.3) is 0 Å². The van der Waals surface area contributed by atoms with Crippen LogP contribution in [0.25, 0.3) is 0 Å². The molecule has 4 rings (SSSR count). The molecular formula is C49H75N9O13. The van der Waals surface area contributed by atoms with Crippen molar-refractivity contribution >= 4 is 59.1 Å². The first-order valence-electron chi connectivity index (χ1n) is 24.5. The molecule has 0 aromatic heterocycles. The van der Waals surface area contributed by atoms with Gasteiger partial charge in [-0.05, 0) is 87.3 Å². The van der Waals surface area contributed by atoms with Gasteiger partial charge in [-0.3, -0.25) is 43.2 Å². The zero-order chi connectivity index (χ0) is 53.0. The van der Waals surface area contributed by atoms with E-state index in [1.54, 1.807) is 52.0 Å². The number of likely N-dealkylation sites (tertiary alicyclic amines) is 1. The van der Waals surface area contributed by atoms with E-state index in [2.05, 4.69) is 26.6 Å². The molecule has 1 aromatic rings. The number of hydrogen-bond acceptors (Lipinski definition) is 13. The van der Waals surface area contributed by atoms with E-state index in [-0.39, 0.29) is 62.7 Å². The number of rotatable bonds is 15. The molecule has 71 heavy (non-hydrogen) atoms. The Hall–Kier alpha value is -6.32. The number of nitrogens with zero attached hydrogens (tertiary/aromatic N) is 3. The second-order valence-electron chi connectivity index (χ2n) is 20.0. The summed E-state index contributed by atoms with van der Waals surface area (Å²) in [6.07, 6.45) is -2.93. The smallest absolute Gasteiger partial charge is 0.329 e. The average Bonchev–Trinajstić information content (AvgIpc) is 3.81. The molecule has 394 valence electrons. The fraction of sp³-hybridized carbons (Fsp3) is 0.673. The number of carbonyl (C=O) groups is 10. The van der Waals surface area contributed by atoms with E-state index in [0.717, 1.165) is 4.90 Å². The monoisotopic (exact) mass is 998 g/mol. The van der Waals surface area contributed by atoms with Crippen molar-refractivity contribution in [2.24, 2.45) is 23.5 Å². The minimum absolute atomic E-state index is 0.0152. The lowest BCUT2D eigenvalue weighted by molar-refractivity contribution is -0.166. The van der Waals surface area contributed by atoms with Gasteiger partial charge in [-0.2, -0.15) is 0 Å². The number of aliphatic hydroxyl groups is 1. The third-order valence-corrected chi connectivity index (χ3v) is 13.1. The lowest BCUT2D eigenvalue weighted by Crippen LogP contribution is -2.65. The number of ether oxygens (including phenoxy) is 2. The zero-order valence-electron chi connectivity index (χ0n) is 42.7. The van der Waals surface area contributed by atoms with Gasteiger partial charge in [-0.1, -0.05) is 53.7 Å². The van der Waals surface area contributed by atoms with Gasteiger partial charge in [0, 0.05) is 33.4 Å². The molecule has 3 aliphatic rings. The van der Waals surface area contributed by atoms with Crippen molar-refractivity contribution in [2.45, 2.75) is 174 Å². The van der Waals surface area contributed by atoms with Crippen molar-refractivity contribution < 1.29 is 62.5 Å². The topological polar surface area (TPSA) is 305 Å². The maximum atomic E-state index is 14.9. The number of carbonyl (C=O) groups excluding carboxylic acids is 10. The van der Waals surface area contributed by atoms with Crippen molar-refractivity contribution in [2.75, 3.05) is 20.7 Å². The molecule has 1 aromatic carbocycles. The molecule has 0 unspecified atom stereocenters. The van der Waals surface area contributed by atoms with Crippen LogP contribution >= 0.6 is 0 Å². The normalized spacial score (nSPS) is 26.7. The molecular weight excluding hydrogens is 923 g/mol. The summed E-state index contributed by atoms with van der Waals surface area (Å²) in [6.45, 7) is 13.4. The van der Waals surface area contributed by atoms with Crippen LogP contribution < -0.4 is 37.1 Å². The number of nitrogens with two attached hydrogens (primary N) is 1. The summed E-state index contributed by atoms with van der Waals surface area (Å²) in [4.78, 5) is 143. The summed E-state index contributed by atoms with van der Waals surface area (Å²) < 4.78 is 11.2. The van der Waals surface area contributed by atoms with Crippen LogP contribution in [-0.4, -0.2) is 160 Å². The molecule has 0 saturated carbocycles. The van der Waals surface area contributed by atoms with Gasteiger partial charge < -0.3 is 61.6 Å². The predicted octanol–water partition coefficient (Wildman–Crippen LogP) is -0.232. The van der Waals surface area contributed by atoms with Crippen LogP contribution in [0.3, 0.4) is 0 Å². The molecule has 22 nitrogen and oxygen atoms in total. The van der Waals surface area contributed by atoms with Crippen molar-refractivity contribution in [3.8, 4) is 5.75 Å². The standard InChI is InChI=1S/C49H75N9O13/c1-25(2)22-34-43(63)52-33-18-20-39(61)58(47(33)67)37(23-26(3)4)48(68)56(9)36(24-30-13-15-31(70-10)16-14-30)45(65)54-40(27(5)6)49(69)71-28(7)41(46(66)53-34)55-42(62)32(17-19-38(50)60)51-44(64)35-12-11-21-57(35)29(8)59/h13-16,25-28,32-37,39-41,61H,11-12,17-24H2,1-10H3,(H2,50,60)(H,51,64)(H,52,63)(H,53,66)(H,54,65)(H,55,62)/t28-,32+,33-,34+,35-,36+,37+,39-,40+,41-/m1/s1. The predicted molar refractivity (Wildman–Crippen MR) is 257 cm³/mol. The summed E-state index contributed by atoms with van der Waals surface area (Å²) >= 11 is 0. The molecule has 22 heteroatoms. The second kappa shape index (κ2) is 25.7. The van der Waals surface area contributed by atoms with Gasteiger partial charge >= 0.3 is 5.97 Å².